The molecule has 4 N–H and O–H groups in total. The number of pyridine rings is 1. The van der Waals surface area contributed by atoms with Crippen molar-refractivity contribution in [2.75, 3.05) is 12.4 Å². The van der Waals surface area contributed by atoms with E-state index >= 15 is 4.39 Å². The van der Waals surface area contributed by atoms with Crippen molar-refractivity contribution < 1.29 is 26.7 Å². The lowest BCUT2D eigenvalue weighted by Gasteiger charge is -2.19. The van der Waals surface area contributed by atoms with Crippen molar-refractivity contribution in [1.29, 1.82) is 0 Å². The standard InChI is InChI=1S/C26H26F5N7O2/c1-13(36-20-11-33-12-35-23(39)21(20)26(29,30)31)4-3-6-38-7-5-15-8-17(19(28)9-16(15)24(38)40)22-18(14(2)27)10-34-25(32)37-22/h5,7-11,13-14,36H,3-4,6,12H2,1-2H3,(H,35,39)(H2,32,34,37)/t13-,14?/m0/s1. The number of benzene rings is 1. The van der Waals surface area contributed by atoms with Crippen LogP contribution in [0.5, 0.6) is 0 Å². The van der Waals surface area contributed by atoms with E-state index in [1.54, 1.807) is 13.0 Å². The van der Waals surface area contributed by atoms with Crippen LogP contribution in [0.1, 0.15) is 38.4 Å². The molecule has 1 unspecified atom stereocenters. The van der Waals surface area contributed by atoms with Crippen molar-refractivity contribution in [3.8, 4) is 11.3 Å². The molecule has 2 atom stereocenters. The largest absolute Gasteiger partial charge is 0.423 e. The molecule has 4 rings (SSSR count). The molecule has 0 radical (unpaired) electrons. The molecule has 14 heteroatoms. The number of hydrogen-bond donors (Lipinski definition) is 3. The van der Waals surface area contributed by atoms with Gasteiger partial charge in [-0.25, -0.2) is 18.7 Å². The smallest absolute Gasteiger partial charge is 0.381 e. The van der Waals surface area contributed by atoms with E-state index in [1.807, 2.05) is 0 Å². The number of alkyl halides is 4. The summed E-state index contributed by atoms with van der Waals surface area (Å²) in [5.74, 6) is -2.21. The molecule has 0 fully saturated rings. The van der Waals surface area contributed by atoms with Crippen molar-refractivity contribution in [3.05, 3.63) is 63.6 Å². The second kappa shape index (κ2) is 11.4. The number of anilines is 1. The van der Waals surface area contributed by atoms with Gasteiger partial charge < -0.3 is 20.9 Å². The van der Waals surface area contributed by atoms with Gasteiger partial charge in [-0.1, -0.05) is 0 Å². The highest BCUT2D eigenvalue weighted by Crippen LogP contribution is 2.32. The van der Waals surface area contributed by atoms with Crippen molar-refractivity contribution in [2.24, 2.45) is 4.99 Å². The maximum Gasteiger partial charge on any atom is 0.423 e. The molecule has 1 aliphatic heterocycles. The van der Waals surface area contributed by atoms with Gasteiger partial charge in [0.25, 0.3) is 11.5 Å². The minimum Gasteiger partial charge on any atom is -0.381 e. The van der Waals surface area contributed by atoms with Crippen molar-refractivity contribution in [2.45, 2.75) is 51.6 Å². The number of nitrogens with one attached hydrogen (secondary N) is 2. The maximum atomic E-state index is 15.1. The lowest BCUT2D eigenvalue weighted by Crippen LogP contribution is -2.36. The lowest BCUT2D eigenvalue weighted by molar-refractivity contribution is -0.130. The molecule has 9 nitrogen and oxygen atoms in total. The molecule has 0 spiro atoms. The first-order chi connectivity index (χ1) is 18.9. The molecule has 40 heavy (non-hydrogen) atoms. The van der Waals surface area contributed by atoms with Gasteiger partial charge in [0.1, 0.15) is 24.2 Å². The van der Waals surface area contributed by atoms with E-state index in [1.165, 1.54) is 30.0 Å². The molecule has 0 saturated carbocycles. The Morgan fingerprint density at radius 2 is 1.98 bits per heavy atom. The molecule has 0 aliphatic carbocycles. The average molecular weight is 564 g/mol. The fourth-order valence-corrected chi connectivity index (χ4v) is 4.40. The van der Waals surface area contributed by atoms with E-state index in [0.29, 0.717) is 18.2 Å². The Balaban J connectivity index is 1.52. The molecule has 2 aromatic heterocycles. The van der Waals surface area contributed by atoms with Crippen LogP contribution in [0.3, 0.4) is 0 Å². The first-order valence-corrected chi connectivity index (χ1v) is 12.3. The summed E-state index contributed by atoms with van der Waals surface area (Å²) in [4.78, 5) is 36.5. The fourth-order valence-electron chi connectivity index (χ4n) is 4.40. The molecule has 1 aromatic carbocycles. The highest BCUT2D eigenvalue weighted by atomic mass is 19.4. The van der Waals surface area contributed by atoms with Crippen molar-refractivity contribution >= 4 is 28.8 Å². The summed E-state index contributed by atoms with van der Waals surface area (Å²) in [6.07, 6.45) is -1.94. The molecule has 3 heterocycles. The van der Waals surface area contributed by atoms with Crippen LogP contribution in [0.25, 0.3) is 22.0 Å². The molecule has 1 amide bonds. The molecular weight excluding hydrogens is 537 g/mol. The molecule has 0 bridgehead atoms. The summed E-state index contributed by atoms with van der Waals surface area (Å²) in [6.45, 7) is 2.84. The fraction of sp³-hybridized carbons (Fsp3) is 0.346. The van der Waals surface area contributed by atoms with E-state index < -0.39 is 46.9 Å². The van der Waals surface area contributed by atoms with E-state index in [-0.39, 0.29) is 41.4 Å². The number of amides is 1. The van der Waals surface area contributed by atoms with Crippen LogP contribution in [0.2, 0.25) is 0 Å². The molecule has 1 aliphatic rings. The van der Waals surface area contributed by atoms with Crippen LogP contribution >= 0.6 is 0 Å². The lowest BCUT2D eigenvalue weighted by atomic mass is 10.0. The van der Waals surface area contributed by atoms with Gasteiger partial charge in [0.15, 0.2) is 0 Å². The van der Waals surface area contributed by atoms with E-state index in [0.717, 1.165) is 12.3 Å². The number of aromatic nitrogens is 3. The first kappa shape index (κ1) is 28.6. The van der Waals surface area contributed by atoms with Crippen LogP contribution in [0.15, 0.2) is 51.6 Å². The summed E-state index contributed by atoms with van der Waals surface area (Å²) < 4.78 is 70.9. The van der Waals surface area contributed by atoms with Gasteiger partial charge in [-0.15, -0.1) is 0 Å². The molecule has 0 saturated heterocycles. The summed E-state index contributed by atoms with van der Waals surface area (Å²) in [5.41, 5.74) is 3.39. The van der Waals surface area contributed by atoms with E-state index in [2.05, 4.69) is 25.6 Å². The summed E-state index contributed by atoms with van der Waals surface area (Å²) in [7, 11) is 0. The maximum absolute atomic E-state index is 15.1. The van der Waals surface area contributed by atoms with Crippen LogP contribution in [0, 0.1) is 5.82 Å². The monoisotopic (exact) mass is 563 g/mol. The zero-order chi connectivity index (χ0) is 29.2. The first-order valence-electron chi connectivity index (χ1n) is 12.3. The van der Waals surface area contributed by atoms with Crippen LogP contribution in [-0.4, -0.2) is 45.5 Å². The number of carbonyl (C=O) groups excluding carboxylic acids is 1. The predicted octanol–water partition coefficient (Wildman–Crippen LogP) is 3.94. The Hall–Kier alpha value is -4.36. The number of rotatable bonds is 8. The van der Waals surface area contributed by atoms with Gasteiger partial charge in [-0.3, -0.25) is 14.6 Å². The zero-order valence-electron chi connectivity index (χ0n) is 21.5. The molecule has 3 aromatic rings. The predicted molar refractivity (Wildman–Crippen MR) is 140 cm³/mol. The van der Waals surface area contributed by atoms with Crippen LogP contribution < -0.4 is 21.9 Å². The Morgan fingerprint density at radius 1 is 1.23 bits per heavy atom. The van der Waals surface area contributed by atoms with Gasteiger partial charge in [0.2, 0.25) is 5.95 Å². The van der Waals surface area contributed by atoms with Crippen LogP contribution in [0.4, 0.5) is 27.9 Å². The Bertz CT molecular complexity index is 1560. The summed E-state index contributed by atoms with van der Waals surface area (Å²) >= 11 is 0. The topological polar surface area (TPSA) is 127 Å². The second-order valence-corrected chi connectivity index (χ2v) is 9.33. The third-order valence-electron chi connectivity index (χ3n) is 6.35. The minimum atomic E-state index is -4.87. The SMILES string of the molecule is CC(F)c1cnc(N)nc1-c1cc2ccn(CCC[C@H](C)NC3=C(C(F)(F)F)C(=O)NCN=C3)c(=O)c2cc1F. The quantitative estimate of drug-likeness (QED) is 0.357. The average Bonchev–Trinajstić information content (AvgIpc) is 3.05. The Morgan fingerprint density at radius 3 is 2.67 bits per heavy atom. The summed E-state index contributed by atoms with van der Waals surface area (Å²) in [6, 6.07) is 3.56. The van der Waals surface area contributed by atoms with Crippen molar-refractivity contribution in [1.82, 2.24) is 25.2 Å². The minimum absolute atomic E-state index is 0.00689. The number of nitrogen functional groups attached to an aromatic ring is 1. The third-order valence-corrected chi connectivity index (χ3v) is 6.35. The molecular formula is C26H26F5N7O2. The van der Waals surface area contributed by atoms with E-state index in [4.69, 9.17) is 5.73 Å². The Labute approximate surface area is 225 Å². The number of halogens is 5. The highest BCUT2D eigenvalue weighted by Gasteiger charge is 2.42. The van der Waals surface area contributed by atoms with E-state index in [9.17, 15) is 27.2 Å². The third kappa shape index (κ3) is 6.10. The summed E-state index contributed by atoms with van der Waals surface area (Å²) in [5, 5.41) is 5.25. The second-order valence-electron chi connectivity index (χ2n) is 9.33. The number of carbonyl (C=O) groups is 1. The number of allylic oxidation sites excluding steroid dienone is 1. The van der Waals surface area contributed by atoms with Crippen molar-refractivity contribution in [3.63, 3.8) is 0 Å². The van der Waals surface area contributed by atoms with Gasteiger partial charge in [-0.2, -0.15) is 13.2 Å². The van der Waals surface area contributed by atoms with Crippen LogP contribution in [-0.2, 0) is 11.3 Å². The number of aliphatic imine (C=N–C) groups is 1. The van der Waals surface area contributed by atoms with Gasteiger partial charge in [0.05, 0.1) is 16.8 Å². The van der Waals surface area contributed by atoms with Gasteiger partial charge >= 0.3 is 6.18 Å². The number of hydrogen-bond acceptors (Lipinski definition) is 7. The highest BCUT2D eigenvalue weighted by molar-refractivity contribution is 6.01. The number of aryl methyl sites for hydroxylation is 1. The number of fused-ring (bicyclic) bond motifs is 1. The van der Waals surface area contributed by atoms with Gasteiger partial charge in [0, 0.05) is 42.3 Å². The normalized spacial score (nSPS) is 15.6. The van der Waals surface area contributed by atoms with Gasteiger partial charge in [-0.05, 0) is 50.3 Å². The number of nitrogens with zero attached hydrogens (tertiary/aromatic N) is 4. The number of nitrogens with two attached hydrogens (primary N) is 1. The Kier molecular flexibility index (Phi) is 8.16. The zero-order valence-corrected chi connectivity index (χ0v) is 21.5. The molecule has 212 valence electrons.